The van der Waals surface area contributed by atoms with E-state index in [1.54, 1.807) is 23.1 Å². The number of aliphatic hydroxyl groups is 1. The largest absolute Gasteiger partial charge is 0.392 e. The lowest BCUT2D eigenvalue weighted by atomic mass is 10.1. The van der Waals surface area contributed by atoms with Crippen molar-refractivity contribution >= 4 is 10.9 Å². The third kappa shape index (κ3) is 2.37. The van der Waals surface area contributed by atoms with Crippen molar-refractivity contribution in [2.24, 2.45) is 0 Å². The van der Waals surface area contributed by atoms with Gasteiger partial charge in [-0.3, -0.25) is 4.79 Å². The summed E-state index contributed by atoms with van der Waals surface area (Å²) in [6, 6.07) is 9.21. The highest BCUT2D eigenvalue weighted by Crippen LogP contribution is 2.22. The van der Waals surface area contributed by atoms with Crippen molar-refractivity contribution in [3.63, 3.8) is 0 Å². The van der Waals surface area contributed by atoms with Crippen LogP contribution >= 0.6 is 0 Å². The minimum absolute atomic E-state index is 0.0143. The number of aromatic nitrogens is 5. The van der Waals surface area contributed by atoms with Gasteiger partial charge in [-0.05, 0) is 23.3 Å². The number of aliphatic hydroxyl groups excluding tert-OH is 1. The zero-order chi connectivity index (χ0) is 16.5. The highest BCUT2D eigenvalue weighted by Gasteiger charge is 2.10. The first kappa shape index (κ1) is 14.3. The third-order valence-corrected chi connectivity index (χ3v) is 3.78. The molecule has 0 aliphatic carbocycles. The normalized spacial score (nSPS) is 11.0. The molecule has 4 aromatic rings. The molecule has 24 heavy (non-hydrogen) atoms. The molecule has 0 bridgehead atoms. The van der Waals surface area contributed by atoms with Crippen LogP contribution in [0.5, 0.6) is 0 Å². The molecule has 0 spiro atoms. The molecule has 118 valence electrons. The van der Waals surface area contributed by atoms with Crippen LogP contribution < -0.4 is 5.56 Å². The van der Waals surface area contributed by atoms with Crippen molar-refractivity contribution in [2.45, 2.75) is 6.61 Å². The molecular weight excluding hydrogens is 306 g/mol. The fraction of sp³-hybridized carbons (Fsp3) is 0.0588. The van der Waals surface area contributed by atoms with Crippen molar-refractivity contribution < 1.29 is 5.11 Å². The van der Waals surface area contributed by atoms with Gasteiger partial charge in [0.25, 0.3) is 5.56 Å². The number of hydrogen-bond donors (Lipinski definition) is 2. The highest BCUT2D eigenvalue weighted by molar-refractivity contribution is 5.83. The molecule has 0 radical (unpaired) electrons. The van der Waals surface area contributed by atoms with E-state index in [1.165, 1.54) is 6.33 Å². The summed E-state index contributed by atoms with van der Waals surface area (Å²) in [4.78, 5) is 23.0. The Bertz CT molecular complexity index is 1080. The van der Waals surface area contributed by atoms with E-state index in [1.807, 2.05) is 30.5 Å². The molecule has 0 fully saturated rings. The number of hydrogen-bond acceptors (Lipinski definition) is 5. The SMILES string of the molecule is O=c1[nH]cnc2c(-n3cc(-c4cccc(CO)c4)cn3)nccc12. The van der Waals surface area contributed by atoms with Crippen molar-refractivity contribution in [3.8, 4) is 16.9 Å². The van der Waals surface area contributed by atoms with Crippen molar-refractivity contribution in [2.75, 3.05) is 0 Å². The molecule has 1 aromatic carbocycles. The maximum Gasteiger partial charge on any atom is 0.258 e. The molecule has 0 saturated carbocycles. The second-order valence-electron chi connectivity index (χ2n) is 5.29. The molecule has 2 N–H and O–H groups in total. The first-order valence-corrected chi connectivity index (χ1v) is 7.34. The van der Waals surface area contributed by atoms with E-state index >= 15 is 0 Å². The van der Waals surface area contributed by atoms with Crippen LogP contribution in [-0.4, -0.2) is 29.8 Å². The van der Waals surface area contributed by atoms with E-state index in [0.29, 0.717) is 16.7 Å². The lowest BCUT2D eigenvalue weighted by Gasteiger charge is -2.03. The quantitative estimate of drug-likeness (QED) is 0.598. The first-order chi connectivity index (χ1) is 11.8. The van der Waals surface area contributed by atoms with Gasteiger partial charge in [-0.15, -0.1) is 0 Å². The molecule has 0 aliphatic heterocycles. The maximum absolute atomic E-state index is 11.9. The summed E-state index contributed by atoms with van der Waals surface area (Å²) in [5.74, 6) is 0.489. The zero-order valence-corrected chi connectivity index (χ0v) is 12.5. The molecular formula is C17H13N5O2. The number of benzene rings is 1. The van der Waals surface area contributed by atoms with Crippen LogP contribution in [0.3, 0.4) is 0 Å². The van der Waals surface area contributed by atoms with E-state index in [9.17, 15) is 9.90 Å². The van der Waals surface area contributed by atoms with Crippen LogP contribution in [0.15, 0.2) is 60.0 Å². The number of aromatic amines is 1. The molecule has 0 atom stereocenters. The first-order valence-electron chi connectivity index (χ1n) is 7.34. The Kier molecular flexibility index (Phi) is 3.40. The van der Waals surface area contributed by atoms with Gasteiger partial charge < -0.3 is 10.1 Å². The van der Waals surface area contributed by atoms with E-state index in [-0.39, 0.29) is 12.2 Å². The van der Waals surface area contributed by atoms with Crippen LogP contribution in [0, 0.1) is 0 Å². The van der Waals surface area contributed by atoms with Crippen LogP contribution in [0.25, 0.3) is 27.8 Å². The van der Waals surface area contributed by atoms with E-state index < -0.39 is 0 Å². The Morgan fingerprint density at radius 2 is 2.08 bits per heavy atom. The van der Waals surface area contributed by atoms with Gasteiger partial charge in [0.05, 0.1) is 24.5 Å². The summed E-state index contributed by atoms with van der Waals surface area (Å²) >= 11 is 0. The Balaban J connectivity index is 1.84. The maximum atomic E-state index is 11.9. The van der Waals surface area contributed by atoms with Crippen LogP contribution in [0.2, 0.25) is 0 Å². The molecule has 4 rings (SSSR count). The van der Waals surface area contributed by atoms with Crippen molar-refractivity contribution in [3.05, 3.63) is 71.2 Å². The third-order valence-electron chi connectivity index (χ3n) is 3.78. The summed E-state index contributed by atoms with van der Waals surface area (Å²) in [7, 11) is 0. The number of rotatable bonds is 3. The fourth-order valence-corrected chi connectivity index (χ4v) is 2.59. The van der Waals surface area contributed by atoms with Gasteiger partial charge >= 0.3 is 0 Å². The standard InChI is InChI=1S/C17H13N5O2/c23-9-11-2-1-3-12(6-11)13-7-21-22(8-13)16-15-14(4-5-18-16)17(24)20-10-19-15/h1-8,10,23H,9H2,(H,19,20,24). The summed E-state index contributed by atoms with van der Waals surface area (Å²) in [6.45, 7) is -0.0143. The van der Waals surface area contributed by atoms with Crippen molar-refractivity contribution in [1.82, 2.24) is 24.7 Å². The number of nitrogens with one attached hydrogen (secondary N) is 1. The molecule has 3 heterocycles. The van der Waals surface area contributed by atoms with Crippen molar-refractivity contribution in [1.29, 1.82) is 0 Å². The lowest BCUT2D eigenvalue weighted by molar-refractivity contribution is 0.282. The van der Waals surface area contributed by atoms with Gasteiger partial charge in [-0.25, -0.2) is 14.6 Å². The Hall–Kier alpha value is -3.32. The minimum Gasteiger partial charge on any atom is -0.392 e. The van der Waals surface area contributed by atoms with Gasteiger partial charge in [0, 0.05) is 18.0 Å². The smallest absolute Gasteiger partial charge is 0.258 e. The van der Waals surface area contributed by atoms with E-state index in [4.69, 9.17) is 0 Å². The minimum atomic E-state index is -0.216. The topological polar surface area (TPSA) is 96.7 Å². The predicted molar refractivity (Wildman–Crippen MR) is 88.6 cm³/mol. The number of fused-ring (bicyclic) bond motifs is 1. The Labute approximate surface area is 136 Å². The number of pyridine rings is 1. The predicted octanol–water partition coefficient (Wildman–Crippen LogP) is 1.66. The van der Waals surface area contributed by atoms with Gasteiger partial charge in [0.15, 0.2) is 5.82 Å². The van der Waals surface area contributed by atoms with Gasteiger partial charge in [0.2, 0.25) is 0 Å². The van der Waals surface area contributed by atoms with E-state index in [2.05, 4.69) is 20.1 Å². The monoisotopic (exact) mass is 319 g/mol. The molecule has 7 heteroatoms. The molecule has 0 unspecified atom stereocenters. The number of H-pyrrole nitrogens is 1. The summed E-state index contributed by atoms with van der Waals surface area (Å²) < 4.78 is 1.59. The summed E-state index contributed by atoms with van der Waals surface area (Å²) in [6.07, 6.45) is 6.44. The molecule has 0 aliphatic rings. The summed E-state index contributed by atoms with van der Waals surface area (Å²) in [5, 5.41) is 14.1. The molecule has 7 nitrogen and oxygen atoms in total. The van der Waals surface area contributed by atoms with Gasteiger partial charge in [-0.1, -0.05) is 18.2 Å². The van der Waals surface area contributed by atoms with Crippen LogP contribution in [0.4, 0.5) is 0 Å². The number of nitrogens with zero attached hydrogens (tertiary/aromatic N) is 4. The lowest BCUT2D eigenvalue weighted by Crippen LogP contribution is -2.09. The fourth-order valence-electron chi connectivity index (χ4n) is 2.59. The van der Waals surface area contributed by atoms with E-state index in [0.717, 1.165) is 16.7 Å². The molecule has 3 aromatic heterocycles. The second kappa shape index (κ2) is 5.71. The Morgan fingerprint density at radius 1 is 1.17 bits per heavy atom. The zero-order valence-electron chi connectivity index (χ0n) is 12.5. The van der Waals surface area contributed by atoms with Crippen LogP contribution in [0.1, 0.15) is 5.56 Å². The van der Waals surface area contributed by atoms with Gasteiger partial charge in [-0.2, -0.15) is 5.10 Å². The Morgan fingerprint density at radius 3 is 2.96 bits per heavy atom. The average molecular weight is 319 g/mol. The molecule has 0 saturated heterocycles. The highest BCUT2D eigenvalue weighted by atomic mass is 16.3. The van der Waals surface area contributed by atoms with Crippen LogP contribution in [-0.2, 0) is 6.61 Å². The molecule has 0 amide bonds. The average Bonchev–Trinajstić information content (AvgIpc) is 3.12. The summed E-state index contributed by atoms with van der Waals surface area (Å²) in [5.41, 5.74) is 2.93. The second-order valence-corrected chi connectivity index (χ2v) is 5.29. The van der Waals surface area contributed by atoms with Gasteiger partial charge in [0.1, 0.15) is 5.52 Å².